The molecule has 0 fully saturated rings. The van der Waals surface area contributed by atoms with Gasteiger partial charge in [-0.15, -0.1) is 0 Å². The number of benzene rings is 3. The molecule has 0 heterocycles. The average Bonchev–Trinajstić information content (AvgIpc) is 2.68. The number of hydrogen-bond acceptors (Lipinski definition) is 3. The molecular weight excluding hydrogens is 344 g/mol. The molecule has 0 aliphatic rings. The molecule has 0 unspecified atom stereocenters. The van der Waals surface area contributed by atoms with Crippen molar-refractivity contribution in [2.75, 3.05) is 5.32 Å². The Bertz CT molecular complexity index is 883. The van der Waals surface area contributed by atoms with Gasteiger partial charge < -0.3 is 10.1 Å². The highest BCUT2D eigenvalue weighted by atomic mass is 32.1. The van der Waals surface area contributed by atoms with Crippen molar-refractivity contribution < 1.29 is 9.53 Å². The Balaban J connectivity index is 1.62. The minimum absolute atomic E-state index is 0.217. The van der Waals surface area contributed by atoms with Crippen LogP contribution < -0.4 is 15.4 Å². The molecule has 0 atom stereocenters. The Kier molecular flexibility index (Phi) is 5.96. The van der Waals surface area contributed by atoms with Gasteiger partial charge in [0.05, 0.1) is 5.69 Å². The summed E-state index contributed by atoms with van der Waals surface area (Å²) in [5, 5.41) is 5.91. The molecule has 0 saturated carbocycles. The molecule has 130 valence electrons. The fourth-order valence-electron chi connectivity index (χ4n) is 2.35. The summed E-state index contributed by atoms with van der Waals surface area (Å²) in [4.78, 5) is 12.2. The summed E-state index contributed by atoms with van der Waals surface area (Å²) in [5.41, 5.74) is 2.31. The van der Waals surface area contributed by atoms with E-state index in [1.165, 1.54) is 0 Å². The zero-order valence-corrected chi connectivity index (χ0v) is 14.8. The van der Waals surface area contributed by atoms with Crippen molar-refractivity contribution >= 4 is 28.9 Å². The summed E-state index contributed by atoms with van der Waals surface area (Å²) in [7, 11) is 0. The van der Waals surface area contributed by atoms with E-state index in [0.29, 0.717) is 23.6 Å². The van der Waals surface area contributed by atoms with E-state index in [0.717, 1.165) is 5.56 Å². The molecule has 0 radical (unpaired) electrons. The second-order valence-corrected chi connectivity index (χ2v) is 5.95. The number of para-hydroxylation sites is 2. The number of carbonyl (C=O) groups is 1. The molecule has 0 spiro atoms. The van der Waals surface area contributed by atoms with Crippen LogP contribution in [0.4, 0.5) is 5.69 Å². The normalized spacial score (nSPS) is 10.0. The van der Waals surface area contributed by atoms with E-state index in [1.54, 1.807) is 24.3 Å². The van der Waals surface area contributed by atoms with Gasteiger partial charge in [-0.1, -0.05) is 60.7 Å². The van der Waals surface area contributed by atoms with Crippen molar-refractivity contribution in [3.63, 3.8) is 0 Å². The van der Waals surface area contributed by atoms with Gasteiger partial charge in [-0.25, -0.2) is 0 Å². The van der Waals surface area contributed by atoms with Gasteiger partial charge in [0.15, 0.2) is 5.11 Å². The molecule has 3 rings (SSSR count). The maximum Gasteiger partial charge on any atom is 0.257 e. The van der Waals surface area contributed by atoms with Crippen LogP contribution >= 0.6 is 12.2 Å². The molecule has 3 aromatic rings. The largest absolute Gasteiger partial charge is 0.487 e. The first-order valence-corrected chi connectivity index (χ1v) is 8.56. The van der Waals surface area contributed by atoms with Gasteiger partial charge in [0.2, 0.25) is 0 Å². The first-order valence-electron chi connectivity index (χ1n) is 8.15. The first kappa shape index (κ1) is 17.6. The van der Waals surface area contributed by atoms with Crippen LogP contribution in [-0.2, 0) is 6.61 Å². The fourth-order valence-corrected chi connectivity index (χ4v) is 2.55. The number of thiocarbonyl (C=S) groups is 1. The second-order valence-electron chi connectivity index (χ2n) is 5.54. The highest BCUT2D eigenvalue weighted by molar-refractivity contribution is 7.80. The Morgan fingerprint density at radius 3 is 2.19 bits per heavy atom. The molecule has 5 heteroatoms. The van der Waals surface area contributed by atoms with Crippen LogP contribution in [0, 0.1) is 0 Å². The molecule has 0 saturated heterocycles. The average molecular weight is 362 g/mol. The summed E-state index contributed by atoms with van der Waals surface area (Å²) < 4.78 is 5.88. The van der Waals surface area contributed by atoms with Crippen LogP contribution in [0.3, 0.4) is 0 Å². The second kappa shape index (κ2) is 8.78. The van der Waals surface area contributed by atoms with E-state index in [2.05, 4.69) is 10.6 Å². The molecule has 4 nitrogen and oxygen atoms in total. The van der Waals surface area contributed by atoms with E-state index in [-0.39, 0.29) is 11.0 Å². The van der Waals surface area contributed by atoms with Gasteiger partial charge in [-0.05, 0) is 42.0 Å². The standard InChI is InChI=1S/C21H18N2O2S/c24-20(17-11-5-2-6-12-17)23-21(26)22-18-13-7-8-14-19(18)25-15-16-9-3-1-4-10-16/h1-14H,15H2,(H2,22,23,24,26). The smallest absolute Gasteiger partial charge is 0.257 e. The molecule has 26 heavy (non-hydrogen) atoms. The lowest BCUT2D eigenvalue weighted by Gasteiger charge is -2.14. The van der Waals surface area contributed by atoms with E-state index in [4.69, 9.17) is 17.0 Å². The summed E-state index contributed by atoms with van der Waals surface area (Å²) in [6.07, 6.45) is 0. The van der Waals surface area contributed by atoms with Crippen LogP contribution in [0.5, 0.6) is 5.75 Å². The Hall–Kier alpha value is -3.18. The van der Waals surface area contributed by atoms with Crippen LogP contribution in [-0.4, -0.2) is 11.0 Å². The number of hydrogen-bond donors (Lipinski definition) is 2. The van der Waals surface area contributed by atoms with E-state index < -0.39 is 0 Å². The zero-order chi connectivity index (χ0) is 18.2. The Morgan fingerprint density at radius 2 is 1.46 bits per heavy atom. The fraction of sp³-hybridized carbons (Fsp3) is 0.0476. The van der Waals surface area contributed by atoms with Crippen LogP contribution in [0.15, 0.2) is 84.9 Å². The number of amides is 1. The zero-order valence-electron chi connectivity index (χ0n) is 14.0. The molecule has 0 aliphatic carbocycles. The Labute approximate surface area is 157 Å². The predicted octanol–water partition coefficient (Wildman–Crippen LogP) is 4.39. The van der Waals surface area contributed by atoms with Crippen LogP contribution in [0.25, 0.3) is 0 Å². The van der Waals surface area contributed by atoms with E-state index in [1.807, 2.05) is 60.7 Å². The first-order chi connectivity index (χ1) is 12.7. The summed E-state index contributed by atoms with van der Waals surface area (Å²) in [6.45, 7) is 0.447. The van der Waals surface area contributed by atoms with Crippen molar-refractivity contribution in [3.05, 3.63) is 96.1 Å². The minimum atomic E-state index is -0.259. The van der Waals surface area contributed by atoms with Crippen molar-refractivity contribution in [1.82, 2.24) is 5.32 Å². The molecule has 1 amide bonds. The van der Waals surface area contributed by atoms with E-state index in [9.17, 15) is 4.79 Å². The van der Waals surface area contributed by atoms with Gasteiger partial charge >= 0.3 is 0 Å². The van der Waals surface area contributed by atoms with Crippen molar-refractivity contribution in [3.8, 4) is 5.75 Å². The molecule has 0 aliphatic heterocycles. The molecule has 2 N–H and O–H groups in total. The van der Waals surface area contributed by atoms with Gasteiger partial charge in [-0.3, -0.25) is 10.1 Å². The third-order valence-electron chi connectivity index (χ3n) is 3.64. The lowest BCUT2D eigenvalue weighted by atomic mass is 10.2. The maximum atomic E-state index is 12.2. The number of ether oxygens (including phenoxy) is 1. The highest BCUT2D eigenvalue weighted by Gasteiger charge is 2.09. The molecular formula is C21H18N2O2S. The predicted molar refractivity (Wildman–Crippen MR) is 107 cm³/mol. The molecule has 3 aromatic carbocycles. The number of anilines is 1. The molecule has 0 aromatic heterocycles. The van der Waals surface area contributed by atoms with Crippen LogP contribution in [0.2, 0.25) is 0 Å². The highest BCUT2D eigenvalue weighted by Crippen LogP contribution is 2.24. The topological polar surface area (TPSA) is 50.4 Å². The Morgan fingerprint density at radius 1 is 0.846 bits per heavy atom. The number of rotatable bonds is 5. The quantitative estimate of drug-likeness (QED) is 0.661. The summed E-state index contributed by atoms with van der Waals surface area (Å²) >= 11 is 5.25. The third kappa shape index (κ3) is 4.91. The lowest BCUT2D eigenvalue weighted by molar-refractivity contribution is 0.0977. The SMILES string of the molecule is O=C(NC(=S)Nc1ccccc1OCc1ccccc1)c1ccccc1. The van der Waals surface area contributed by atoms with Crippen molar-refractivity contribution in [2.24, 2.45) is 0 Å². The monoisotopic (exact) mass is 362 g/mol. The maximum absolute atomic E-state index is 12.2. The van der Waals surface area contributed by atoms with E-state index >= 15 is 0 Å². The van der Waals surface area contributed by atoms with Gasteiger partial charge in [0.1, 0.15) is 12.4 Å². The minimum Gasteiger partial charge on any atom is -0.487 e. The van der Waals surface area contributed by atoms with Gasteiger partial charge in [0.25, 0.3) is 5.91 Å². The third-order valence-corrected chi connectivity index (χ3v) is 3.84. The van der Waals surface area contributed by atoms with Crippen molar-refractivity contribution in [1.29, 1.82) is 0 Å². The molecule has 0 bridgehead atoms. The van der Waals surface area contributed by atoms with Crippen molar-refractivity contribution in [2.45, 2.75) is 6.61 Å². The van der Waals surface area contributed by atoms with Crippen LogP contribution in [0.1, 0.15) is 15.9 Å². The number of carbonyl (C=O) groups excluding carboxylic acids is 1. The summed E-state index contributed by atoms with van der Waals surface area (Å²) in [6, 6.07) is 26.3. The summed E-state index contributed by atoms with van der Waals surface area (Å²) in [5.74, 6) is 0.401. The lowest BCUT2D eigenvalue weighted by Crippen LogP contribution is -2.34. The number of nitrogens with one attached hydrogen (secondary N) is 2. The van der Waals surface area contributed by atoms with Gasteiger partial charge in [-0.2, -0.15) is 0 Å². The van der Waals surface area contributed by atoms with Gasteiger partial charge in [0, 0.05) is 5.56 Å².